The summed E-state index contributed by atoms with van der Waals surface area (Å²) in [5.41, 5.74) is -0.119. The molecule has 0 bridgehead atoms. The molecule has 0 heterocycles. The molecule has 2 rings (SSSR count). The molecule has 5 atom stereocenters. The van der Waals surface area contributed by atoms with Gasteiger partial charge in [-0.3, -0.25) is 4.79 Å². The molecule has 1 aliphatic carbocycles. The molecular weight excluding hydrogens is 394 g/mol. The van der Waals surface area contributed by atoms with Gasteiger partial charge in [0, 0.05) is 6.42 Å². The maximum absolute atomic E-state index is 13.6. The first-order valence-corrected chi connectivity index (χ1v) is 10.5. The average Bonchev–Trinajstić information content (AvgIpc) is 2.95. The number of unbranched alkanes of at least 4 members (excludes halogenated alkanes) is 3. The summed E-state index contributed by atoms with van der Waals surface area (Å²) in [7, 11) is 0. The molecule has 4 N–H and O–H groups in total. The standard InChI is InChI=1S/C23H30F2O5/c24-16-8-12-20(25)15(13-16)7-9-17(26)10-11-19-18(21(27)14-22(19)28)5-3-1-2-4-6-23(29)30/h8,12-13,17-19,21-22,26-28H,1-6,10-11,14H2,(H,29,30)/t17?,18-,19-,21+,22-/m1/s1. The first-order chi connectivity index (χ1) is 14.3. The van der Waals surface area contributed by atoms with Gasteiger partial charge in [-0.1, -0.05) is 31.1 Å². The lowest BCUT2D eigenvalue weighted by molar-refractivity contribution is -0.137. The Labute approximate surface area is 175 Å². The molecule has 1 aromatic rings. The minimum atomic E-state index is -1.05. The number of carboxylic acid groups (broad SMARTS) is 1. The van der Waals surface area contributed by atoms with Gasteiger partial charge in [0.2, 0.25) is 0 Å². The number of hydrogen-bond donors (Lipinski definition) is 4. The van der Waals surface area contributed by atoms with Crippen molar-refractivity contribution < 1.29 is 34.0 Å². The Bertz CT molecular complexity index is 758. The van der Waals surface area contributed by atoms with Crippen molar-refractivity contribution in [2.24, 2.45) is 11.8 Å². The number of hydrogen-bond acceptors (Lipinski definition) is 4. The number of aliphatic hydroxyl groups is 3. The van der Waals surface area contributed by atoms with E-state index in [0.717, 1.165) is 43.9 Å². The normalized spacial score (nSPS) is 24.3. The first kappa shape index (κ1) is 24.3. The molecule has 0 spiro atoms. The topological polar surface area (TPSA) is 98.0 Å². The van der Waals surface area contributed by atoms with E-state index in [9.17, 15) is 28.9 Å². The van der Waals surface area contributed by atoms with Crippen LogP contribution in [-0.4, -0.2) is 44.7 Å². The minimum Gasteiger partial charge on any atom is -0.481 e. The number of aliphatic carboxylic acids is 1. The number of carbonyl (C=O) groups is 1. The highest BCUT2D eigenvalue weighted by Gasteiger charge is 2.40. The molecule has 7 heteroatoms. The van der Waals surface area contributed by atoms with Crippen LogP contribution in [0.4, 0.5) is 8.78 Å². The van der Waals surface area contributed by atoms with E-state index in [-0.39, 0.29) is 30.2 Å². The average molecular weight is 424 g/mol. The number of aliphatic hydroxyl groups excluding tert-OH is 3. The van der Waals surface area contributed by atoms with E-state index < -0.39 is 35.9 Å². The largest absolute Gasteiger partial charge is 0.481 e. The third-order valence-corrected chi connectivity index (χ3v) is 5.77. The van der Waals surface area contributed by atoms with Crippen molar-refractivity contribution in [2.45, 2.75) is 76.1 Å². The third-order valence-electron chi connectivity index (χ3n) is 5.77. The van der Waals surface area contributed by atoms with E-state index in [4.69, 9.17) is 5.11 Å². The zero-order chi connectivity index (χ0) is 22.1. The van der Waals surface area contributed by atoms with E-state index in [2.05, 4.69) is 11.8 Å². The zero-order valence-corrected chi connectivity index (χ0v) is 16.9. The molecule has 0 saturated heterocycles. The van der Waals surface area contributed by atoms with Crippen molar-refractivity contribution >= 4 is 5.97 Å². The SMILES string of the molecule is O=C(O)CCCCCC[C@@H]1[C@@H](CCC(O)C#Cc2cc(F)ccc2F)[C@H](O)C[C@@H]1O. The second kappa shape index (κ2) is 12.0. The Morgan fingerprint density at radius 2 is 1.73 bits per heavy atom. The zero-order valence-electron chi connectivity index (χ0n) is 16.9. The van der Waals surface area contributed by atoms with Crippen molar-refractivity contribution in [1.82, 2.24) is 0 Å². The van der Waals surface area contributed by atoms with Gasteiger partial charge >= 0.3 is 5.97 Å². The van der Waals surface area contributed by atoms with Crippen LogP contribution in [0, 0.1) is 35.3 Å². The fourth-order valence-corrected chi connectivity index (χ4v) is 4.17. The third kappa shape index (κ3) is 7.67. The highest BCUT2D eigenvalue weighted by molar-refractivity contribution is 5.66. The van der Waals surface area contributed by atoms with Crippen LogP contribution in [0.15, 0.2) is 18.2 Å². The summed E-state index contributed by atoms with van der Waals surface area (Å²) in [5, 5.41) is 39.3. The Hall–Kier alpha value is -2.01. The van der Waals surface area contributed by atoms with Crippen LogP contribution in [0.25, 0.3) is 0 Å². The molecule has 166 valence electrons. The summed E-state index contributed by atoms with van der Waals surface area (Å²) in [4.78, 5) is 10.5. The fourth-order valence-electron chi connectivity index (χ4n) is 4.17. The molecule has 0 aliphatic heterocycles. The maximum Gasteiger partial charge on any atom is 0.303 e. The summed E-state index contributed by atoms with van der Waals surface area (Å²) in [6, 6.07) is 2.95. The Morgan fingerprint density at radius 1 is 1.07 bits per heavy atom. The fraction of sp³-hybridized carbons (Fsp3) is 0.609. The van der Waals surface area contributed by atoms with Crippen molar-refractivity contribution in [2.75, 3.05) is 0 Å². The van der Waals surface area contributed by atoms with Crippen molar-refractivity contribution in [3.63, 3.8) is 0 Å². The molecule has 1 aromatic carbocycles. The van der Waals surface area contributed by atoms with Crippen LogP contribution in [0.2, 0.25) is 0 Å². The Kier molecular flexibility index (Phi) is 9.70. The van der Waals surface area contributed by atoms with Gasteiger partial charge in [-0.15, -0.1) is 0 Å². The summed E-state index contributed by atoms with van der Waals surface area (Å²) >= 11 is 0. The molecule has 1 unspecified atom stereocenters. The van der Waals surface area contributed by atoms with E-state index in [1.165, 1.54) is 0 Å². The lowest BCUT2D eigenvalue weighted by Gasteiger charge is -2.24. The van der Waals surface area contributed by atoms with Crippen molar-refractivity contribution in [1.29, 1.82) is 0 Å². The van der Waals surface area contributed by atoms with Crippen LogP contribution in [0.5, 0.6) is 0 Å². The molecule has 5 nitrogen and oxygen atoms in total. The van der Waals surface area contributed by atoms with Crippen LogP contribution < -0.4 is 0 Å². The van der Waals surface area contributed by atoms with Gasteiger partial charge in [0.25, 0.3) is 0 Å². The predicted molar refractivity (Wildman–Crippen MR) is 107 cm³/mol. The minimum absolute atomic E-state index is 0.0831. The number of benzene rings is 1. The van der Waals surface area contributed by atoms with Crippen molar-refractivity contribution in [3.8, 4) is 11.8 Å². The van der Waals surface area contributed by atoms with E-state index in [1.54, 1.807) is 0 Å². The van der Waals surface area contributed by atoms with Crippen LogP contribution in [0.3, 0.4) is 0 Å². The second-order valence-electron chi connectivity index (χ2n) is 8.03. The quantitative estimate of drug-likeness (QED) is 0.342. The second-order valence-corrected chi connectivity index (χ2v) is 8.03. The monoisotopic (exact) mass is 424 g/mol. The molecule has 0 radical (unpaired) electrons. The Balaban J connectivity index is 1.82. The van der Waals surface area contributed by atoms with Gasteiger partial charge in [0.15, 0.2) is 0 Å². The molecular formula is C23H30F2O5. The predicted octanol–water partition coefficient (Wildman–Crippen LogP) is 3.24. The first-order valence-electron chi connectivity index (χ1n) is 10.5. The van der Waals surface area contributed by atoms with Gasteiger partial charge < -0.3 is 20.4 Å². The highest BCUT2D eigenvalue weighted by Crippen LogP contribution is 2.39. The highest BCUT2D eigenvalue weighted by atomic mass is 19.1. The van der Waals surface area contributed by atoms with Gasteiger partial charge in [-0.05, 0) is 62.1 Å². The molecule has 1 fully saturated rings. The number of halogens is 2. The van der Waals surface area contributed by atoms with Crippen molar-refractivity contribution in [3.05, 3.63) is 35.4 Å². The van der Waals surface area contributed by atoms with E-state index >= 15 is 0 Å². The van der Waals surface area contributed by atoms with Crippen LogP contribution in [0.1, 0.15) is 63.4 Å². The summed E-state index contributed by atoms with van der Waals surface area (Å²) < 4.78 is 26.8. The summed E-state index contributed by atoms with van der Waals surface area (Å²) in [5.74, 6) is 2.65. The van der Waals surface area contributed by atoms with Gasteiger partial charge in [-0.25, -0.2) is 8.78 Å². The van der Waals surface area contributed by atoms with E-state index in [1.807, 2.05) is 0 Å². The van der Waals surface area contributed by atoms with Crippen LogP contribution >= 0.6 is 0 Å². The number of carboxylic acids is 1. The lowest BCUT2D eigenvalue weighted by atomic mass is 9.85. The van der Waals surface area contributed by atoms with Gasteiger partial charge in [0.05, 0.1) is 17.8 Å². The smallest absolute Gasteiger partial charge is 0.303 e. The summed E-state index contributed by atoms with van der Waals surface area (Å²) in [6.45, 7) is 0. The Morgan fingerprint density at radius 3 is 2.43 bits per heavy atom. The molecule has 30 heavy (non-hydrogen) atoms. The summed E-state index contributed by atoms with van der Waals surface area (Å²) in [6.07, 6.45) is 2.75. The van der Waals surface area contributed by atoms with Gasteiger partial charge in [0.1, 0.15) is 17.7 Å². The maximum atomic E-state index is 13.6. The van der Waals surface area contributed by atoms with Crippen LogP contribution in [-0.2, 0) is 4.79 Å². The molecule has 0 amide bonds. The molecule has 0 aromatic heterocycles. The molecule has 1 aliphatic rings. The molecule has 1 saturated carbocycles. The lowest BCUT2D eigenvalue weighted by Crippen LogP contribution is -2.23. The van der Waals surface area contributed by atoms with E-state index in [0.29, 0.717) is 19.3 Å². The number of rotatable bonds is 10. The van der Waals surface area contributed by atoms with Gasteiger partial charge in [-0.2, -0.15) is 0 Å².